The molecule has 0 atom stereocenters. The fourth-order valence-electron chi connectivity index (χ4n) is 2.07. The summed E-state index contributed by atoms with van der Waals surface area (Å²) in [4.78, 5) is 0. The highest BCUT2D eigenvalue weighted by Crippen LogP contribution is 2.32. The summed E-state index contributed by atoms with van der Waals surface area (Å²) in [6, 6.07) is 8.34. The molecule has 0 spiro atoms. The van der Waals surface area contributed by atoms with Gasteiger partial charge in [0, 0.05) is 11.6 Å². The zero-order valence-corrected chi connectivity index (χ0v) is 11.4. The molecular weight excluding hydrogens is 224 g/mol. The number of rotatable bonds is 3. The first-order valence-electron chi connectivity index (χ1n) is 6.35. The molecule has 0 aliphatic carbocycles. The van der Waals surface area contributed by atoms with Gasteiger partial charge >= 0.3 is 0 Å². The second-order valence-electron chi connectivity index (χ2n) is 5.27. The third kappa shape index (κ3) is 2.40. The molecule has 1 aromatic heterocycles. The van der Waals surface area contributed by atoms with E-state index in [9.17, 15) is 0 Å². The van der Waals surface area contributed by atoms with Gasteiger partial charge in [0.05, 0.1) is 0 Å². The molecule has 0 aliphatic heterocycles. The largest absolute Gasteiger partial charge is 0.368 e. The Morgan fingerprint density at radius 2 is 1.78 bits per heavy atom. The number of hydrogen-bond acceptors (Lipinski definition) is 3. The molecular formula is C15H20N2O. The van der Waals surface area contributed by atoms with Crippen molar-refractivity contribution in [3.05, 3.63) is 35.4 Å². The number of nitrogens with zero attached hydrogens (tertiary/aromatic N) is 1. The van der Waals surface area contributed by atoms with E-state index in [1.54, 1.807) is 6.07 Å². The first kappa shape index (κ1) is 12.7. The average Bonchev–Trinajstić information content (AvgIpc) is 2.74. The number of nitrogen functional groups attached to an aromatic ring is 1. The van der Waals surface area contributed by atoms with E-state index in [1.807, 2.05) is 0 Å². The summed E-state index contributed by atoms with van der Waals surface area (Å²) in [6.07, 6.45) is 0. The molecule has 1 heterocycles. The molecule has 0 radical (unpaired) electrons. The van der Waals surface area contributed by atoms with E-state index in [1.165, 1.54) is 11.1 Å². The summed E-state index contributed by atoms with van der Waals surface area (Å²) < 4.78 is 4.98. The Morgan fingerprint density at radius 1 is 1.06 bits per heavy atom. The van der Waals surface area contributed by atoms with Crippen molar-refractivity contribution >= 4 is 5.88 Å². The van der Waals surface area contributed by atoms with E-state index in [4.69, 9.17) is 10.3 Å². The molecule has 0 fully saturated rings. The Kier molecular flexibility index (Phi) is 3.41. The Morgan fingerprint density at radius 3 is 2.28 bits per heavy atom. The molecule has 3 heteroatoms. The Balaban J connectivity index is 2.57. The number of benzene rings is 1. The predicted octanol–water partition coefficient (Wildman–Crippen LogP) is 4.17. The van der Waals surface area contributed by atoms with Crippen LogP contribution in [0.15, 0.2) is 28.8 Å². The van der Waals surface area contributed by atoms with Gasteiger partial charge in [0.15, 0.2) is 0 Å². The van der Waals surface area contributed by atoms with Crippen molar-refractivity contribution in [2.45, 2.75) is 39.5 Å². The van der Waals surface area contributed by atoms with Gasteiger partial charge in [-0.3, -0.25) is 0 Å². The average molecular weight is 244 g/mol. The number of anilines is 1. The lowest BCUT2D eigenvalue weighted by molar-refractivity contribution is 0.439. The van der Waals surface area contributed by atoms with Gasteiger partial charge in [0.1, 0.15) is 5.69 Å². The second kappa shape index (κ2) is 4.84. The molecule has 0 aliphatic rings. The van der Waals surface area contributed by atoms with Crippen LogP contribution < -0.4 is 5.73 Å². The van der Waals surface area contributed by atoms with Gasteiger partial charge < -0.3 is 10.3 Å². The first-order valence-corrected chi connectivity index (χ1v) is 6.35. The highest BCUT2D eigenvalue weighted by Gasteiger charge is 2.14. The van der Waals surface area contributed by atoms with Crippen molar-refractivity contribution in [2.75, 3.05) is 5.73 Å². The maximum atomic E-state index is 5.61. The van der Waals surface area contributed by atoms with E-state index in [-0.39, 0.29) is 0 Å². The molecule has 0 saturated carbocycles. The summed E-state index contributed by atoms with van der Waals surface area (Å²) >= 11 is 0. The van der Waals surface area contributed by atoms with Gasteiger partial charge in [-0.25, -0.2) is 0 Å². The van der Waals surface area contributed by atoms with Gasteiger partial charge in [-0.2, -0.15) is 0 Å². The summed E-state index contributed by atoms with van der Waals surface area (Å²) in [5.41, 5.74) is 10.1. The maximum Gasteiger partial charge on any atom is 0.222 e. The highest BCUT2D eigenvalue weighted by atomic mass is 16.5. The van der Waals surface area contributed by atoms with Crippen LogP contribution in [0.3, 0.4) is 0 Å². The molecule has 2 aromatic rings. The zero-order chi connectivity index (χ0) is 13.3. The van der Waals surface area contributed by atoms with Crippen molar-refractivity contribution in [3.63, 3.8) is 0 Å². The molecule has 0 unspecified atom stereocenters. The molecule has 2 rings (SSSR count). The SMILES string of the molecule is CC(C)c1ccc(C(C)C)c(-c2cc(N)on2)c1. The van der Waals surface area contributed by atoms with E-state index in [0.29, 0.717) is 17.7 Å². The van der Waals surface area contributed by atoms with Gasteiger partial charge in [-0.05, 0) is 29.0 Å². The van der Waals surface area contributed by atoms with Gasteiger partial charge in [-0.1, -0.05) is 45.0 Å². The molecule has 3 nitrogen and oxygen atoms in total. The van der Waals surface area contributed by atoms with E-state index in [2.05, 4.69) is 51.1 Å². The van der Waals surface area contributed by atoms with E-state index >= 15 is 0 Å². The highest BCUT2D eigenvalue weighted by molar-refractivity contribution is 5.67. The molecule has 0 saturated heterocycles. The van der Waals surface area contributed by atoms with Gasteiger partial charge in [0.25, 0.3) is 0 Å². The normalized spacial score (nSPS) is 11.4. The van der Waals surface area contributed by atoms with Crippen LogP contribution >= 0.6 is 0 Å². The van der Waals surface area contributed by atoms with Crippen LogP contribution in [0.25, 0.3) is 11.3 Å². The molecule has 96 valence electrons. The summed E-state index contributed by atoms with van der Waals surface area (Å²) in [6.45, 7) is 8.73. The van der Waals surface area contributed by atoms with Crippen LogP contribution in [0.2, 0.25) is 0 Å². The zero-order valence-electron chi connectivity index (χ0n) is 11.4. The lowest BCUT2D eigenvalue weighted by Crippen LogP contribution is -1.96. The fraction of sp³-hybridized carbons (Fsp3) is 0.400. The van der Waals surface area contributed by atoms with Crippen molar-refractivity contribution in [1.82, 2.24) is 5.16 Å². The van der Waals surface area contributed by atoms with Gasteiger partial charge in [0.2, 0.25) is 5.88 Å². The van der Waals surface area contributed by atoms with Crippen LogP contribution in [0.4, 0.5) is 5.88 Å². The second-order valence-corrected chi connectivity index (χ2v) is 5.27. The third-order valence-corrected chi connectivity index (χ3v) is 3.17. The minimum atomic E-state index is 0.356. The monoisotopic (exact) mass is 244 g/mol. The van der Waals surface area contributed by atoms with Crippen LogP contribution in [-0.2, 0) is 0 Å². The Labute approximate surface area is 108 Å². The lowest BCUT2D eigenvalue weighted by Gasteiger charge is -2.14. The Hall–Kier alpha value is -1.77. The Bertz CT molecular complexity index is 541. The first-order chi connectivity index (χ1) is 8.49. The number of nitrogens with two attached hydrogens (primary N) is 1. The minimum Gasteiger partial charge on any atom is -0.368 e. The topological polar surface area (TPSA) is 52.0 Å². The summed E-state index contributed by atoms with van der Waals surface area (Å²) in [5.74, 6) is 1.29. The predicted molar refractivity (Wildman–Crippen MR) is 74.5 cm³/mol. The van der Waals surface area contributed by atoms with Crippen molar-refractivity contribution < 1.29 is 4.52 Å². The van der Waals surface area contributed by atoms with Crippen LogP contribution in [-0.4, -0.2) is 5.16 Å². The standard InChI is InChI=1S/C15H20N2O/c1-9(2)11-5-6-12(10(3)4)13(7-11)14-8-15(16)18-17-14/h5-10H,16H2,1-4H3. The smallest absolute Gasteiger partial charge is 0.222 e. The fourth-order valence-corrected chi connectivity index (χ4v) is 2.07. The number of hydrogen-bond donors (Lipinski definition) is 1. The minimum absolute atomic E-state index is 0.356. The summed E-state index contributed by atoms with van der Waals surface area (Å²) in [5, 5.41) is 4.03. The molecule has 1 aromatic carbocycles. The van der Waals surface area contributed by atoms with Crippen molar-refractivity contribution in [2.24, 2.45) is 0 Å². The van der Waals surface area contributed by atoms with E-state index < -0.39 is 0 Å². The maximum absolute atomic E-state index is 5.61. The van der Waals surface area contributed by atoms with Gasteiger partial charge in [-0.15, -0.1) is 0 Å². The van der Waals surface area contributed by atoms with E-state index in [0.717, 1.165) is 11.3 Å². The van der Waals surface area contributed by atoms with Crippen LogP contribution in [0.5, 0.6) is 0 Å². The molecule has 0 bridgehead atoms. The molecule has 2 N–H and O–H groups in total. The number of aromatic nitrogens is 1. The third-order valence-electron chi connectivity index (χ3n) is 3.17. The molecule has 18 heavy (non-hydrogen) atoms. The summed E-state index contributed by atoms with van der Waals surface area (Å²) in [7, 11) is 0. The van der Waals surface area contributed by atoms with Crippen LogP contribution in [0, 0.1) is 0 Å². The van der Waals surface area contributed by atoms with Crippen LogP contribution in [0.1, 0.15) is 50.7 Å². The molecule has 0 amide bonds. The quantitative estimate of drug-likeness (QED) is 0.881. The van der Waals surface area contributed by atoms with Crippen molar-refractivity contribution in [3.8, 4) is 11.3 Å². The lowest BCUT2D eigenvalue weighted by atomic mass is 9.91. The van der Waals surface area contributed by atoms with Crippen molar-refractivity contribution in [1.29, 1.82) is 0 Å².